The summed E-state index contributed by atoms with van der Waals surface area (Å²) >= 11 is 0. The molecule has 1 saturated heterocycles. The molecule has 0 radical (unpaired) electrons. The van der Waals surface area contributed by atoms with Gasteiger partial charge in [-0.1, -0.05) is 30.3 Å². The number of benzene rings is 2. The number of nitrogens with zero attached hydrogens (tertiary/aromatic N) is 3. The van der Waals surface area contributed by atoms with Gasteiger partial charge in [0.05, 0.1) is 17.5 Å². The average molecular weight is 350 g/mol. The van der Waals surface area contributed by atoms with Crippen LogP contribution in [0.5, 0.6) is 0 Å². The second kappa shape index (κ2) is 6.80. The summed E-state index contributed by atoms with van der Waals surface area (Å²) in [6, 6.07) is 12.5. The molecule has 2 aromatic carbocycles. The van der Waals surface area contributed by atoms with Crippen LogP contribution in [-0.4, -0.2) is 40.1 Å². The van der Waals surface area contributed by atoms with E-state index in [1.807, 2.05) is 24.3 Å². The highest BCUT2D eigenvalue weighted by Crippen LogP contribution is 2.21. The smallest absolute Gasteiger partial charge is 0.256 e. The highest BCUT2D eigenvalue weighted by Gasteiger charge is 2.26. The van der Waals surface area contributed by atoms with E-state index >= 15 is 0 Å². The van der Waals surface area contributed by atoms with Crippen LogP contribution in [0.3, 0.4) is 0 Å². The first kappa shape index (κ1) is 16.6. The van der Waals surface area contributed by atoms with E-state index in [1.54, 1.807) is 23.2 Å². The SMILES string of the molecule is NC1CCN(C(=O)c2cc(Cc3nncc4ccccc34)ccc2F)C1. The van der Waals surface area contributed by atoms with Gasteiger partial charge in [0.1, 0.15) is 5.82 Å². The summed E-state index contributed by atoms with van der Waals surface area (Å²) in [6.07, 6.45) is 2.95. The molecule has 132 valence electrons. The van der Waals surface area contributed by atoms with E-state index in [2.05, 4.69) is 10.2 Å². The molecule has 1 amide bonds. The van der Waals surface area contributed by atoms with Crippen molar-refractivity contribution < 1.29 is 9.18 Å². The van der Waals surface area contributed by atoms with Crippen molar-refractivity contribution in [1.82, 2.24) is 15.1 Å². The number of rotatable bonds is 3. The zero-order valence-corrected chi connectivity index (χ0v) is 14.2. The molecule has 4 rings (SSSR count). The van der Waals surface area contributed by atoms with Crippen LogP contribution in [0.25, 0.3) is 10.8 Å². The van der Waals surface area contributed by atoms with Gasteiger partial charge in [-0.05, 0) is 24.1 Å². The Morgan fingerprint density at radius 2 is 2.12 bits per heavy atom. The Morgan fingerprint density at radius 1 is 1.27 bits per heavy atom. The van der Waals surface area contributed by atoms with E-state index in [-0.39, 0.29) is 17.5 Å². The molecule has 1 fully saturated rings. The molecule has 0 spiro atoms. The summed E-state index contributed by atoms with van der Waals surface area (Å²) in [5.41, 5.74) is 7.57. The highest BCUT2D eigenvalue weighted by molar-refractivity contribution is 5.95. The number of carbonyl (C=O) groups excluding carboxylic acids is 1. The van der Waals surface area contributed by atoms with E-state index in [0.717, 1.165) is 28.5 Å². The number of hydrogen-bond acceptors (Lipinski definition) is 4. The molecule has 0 saturated carbocycles. The third kappa shape index (κ3) is 3.15. The Kier molecular flexibility index (Phi) is 4.34. The van der Waals surface area contributed by atoms with Crippen molar-refractivity contribution in [3.63, 3.8) is 0 Å². The number of halogens is 1. The molecule has 3 aromatic rings. The van der Waals surface area contributed by atoms with Crippen LogP contribution in [0.4, 0.5) is 4.39 Å². The van der Waals surface area contributed by atoms with Crippen LogP contribution >= 0.6 is 0 Å². The largest absolute Gasteiger partial charge is 0.337 e. The molecule has 1 atom stereocenters. The number of likely N-dealkylation sites (tertiary alicyclic amines) is 1. The number of carbonyl (C=O) groups is 1. The quantitative estimate of drug-likeness (QED) is 0.788. The Morgan fingerprint density at radius 3 is 2.92 bits per heavy atom. The van der Waals surface area contributed by atoms with Crippen LogP contribution in [0.15, 0.2) is 48.7 Å². The standard InChI is InChI=1S/C20H19FN4O/c21-18-6-5-13(9-17(18)20(26)25-8-7-15(22)12-25)10-19-16-4-2-1-3-14(16)11-23-24-19/h1-6,9,11,15H,7-8,10,12,22H2. The van der Waals surface area contributed by atoms with Gasteiger partial charge in [0.15, 0.2) is 0 Å². The third-order valence-electron chi connectivity index (χ3n) is 4.79. The molecule has 1 aliphatic heterocycles. The second-order valence-corrected chi connectivity index (χ2v) is 6.67. The minimum atomic E-state index is -0.511. The number of hydrogen-bond donors (Lipinski definition) is 1. The van der Waals surface area contributed by atoms with Crippen molar-refractivity contribution in [2.45, 2.75) is 18.9 Å². The number of nitrogens with two attached hydrogens (primary N) is 1. The van der Waals surface area contributed by atoms with Gasteiger partial charge in [0, 0.05) is 36.3 Å². The van der Waals surface area contributed by atoms with Gasteiger partial charge < -0.3 is 10.6 Å². The molecule has 1 unspecified atom stereocenters. The predicted molar refractivity (Wildman–Crippen MR) is 97.2 cm³/mol. The van der Waals surface area contributed by atoms with Crippen molar-refractivity contribution in [3.05, 3.63) is 71.3 Å². The summed E-state index contributed by atoms with van der Waals surface area (Å²) in [6.45, 7) is 1.04. The highest BCUT2D eigenvalue weighted by atomic mass is 19.1. The van der Waals surface area contributed by atoms with Crippen LogP contribution in [0, 0.1) is 5.82 Å². The Balaban J connectivity index is 1.64. The molecule has 6 heteroatoms. The molecule has 2 heterocycles. The predicted octanol–water partition coefficient (Wildman–Crippen LogP) is 2.53. The maximum absolute atomic E-state index is 14.3. The van der Waals surface area contributed by atoms with E-state index in [9.17, 15) is 9.18 Å². The van der Waals surface area contributed by atoms with E-state index in [4.69, 9.17) is 5.73 Å². The fourth-order valence-corrected chi connectivity index (χ4v) is 3.40. The van der Waals surface area contributed by atoms with E-state index in [1.165, 1.54) is 6.07 Å². The Bertz CT molecular complexity index is 970. The summed E-state index contributed by atoms with van der Waals surface area (Å²) < 4.78 is 14.3. The first-order chi connectivity index (χ1) is 12.6. The summed E-state index contributed by atoms with van der Waals surface area (Å²) in [4.78, 5) is 14.2. The molecule has 26 heavy (non-hydrogen) atoms. The Hall–Kier alpha value is -2.86. The summed E-state index contributed by atoms with van der Waals surface area (Å²) in [7, 11) is 0. The topological polar surface area (TPSA) is 72.1 Å². The second-order valence-electron chi connectivity index (χ2n) is 6.67. The van der Waals surface area contributed by atoms with Crippen LogP contribution in [0.2, 0.25) is 0 Å². The average Bonchev–Trinajstić information content (AvgIpc) is 3.09. The summed E-state index contributed by atoms with van der Waals surface area (Å²) in [5, 5.41) is 10.3. The summed E-state index contributed by atoms with van der Waals surface area (Å²) in [5.74, 6) is -0.815. The molecular formula is C20H19FN4O. The van der Waals surface area contributed by atoms with E-state index in [0.29, 0.717) is 19.5 Å². The lowest BCUT2D eigenvalue weighted by molar-refractivity contribution is 0.0786. The molecule has 5 nitrogen and oxygen atoms in total. The minimum absolute atomic E-state index is 0.0313. The number of aromatic nitrogens is 2. The molecule has 0 bridgehead atoms. The van der Waals surface area contributed by atoms with Gasteiger partial charge in [-0.25, -0.2) is 4.39 Å². The van der Waals surface area contributed by atoms with Crippen molar-refractivity contribution in [2.24, 2.45) is 5.73 Å². The lowest BCUT2D eigenvalue weighted by Gasteiger charge is -2.17. The maximum Gasteiger partial charge on any atom is 0.256 e. The van der Waals surface area contributed by atoms with Gasteiger partial charge in [0.2, 0.25) is 0 Å². The molecule has 0 aliphatic carbocycles. The first-order valence-electron chi connectivity index (χ1n) is 8.64. The van der Waals surface area contributed by atoms with Crippen LogP contribution < -0.4 is 5.73 Å². The normalized spacial score (nSPS) is 17.0. The van der Waals surface area contributed by atoms with Crippen molar-refractivity contribution >= 4 is 16.7 Å². The zero-order valence-electron chi connectivity index (χ0n) is 14.2. The monoisotopic (exact) mass is 350 g/mol. The maximum atomic E-state index is 14.3. The van der Waals surface area contributed by atoms with Crippen molar-refractivity contribution in [3.8, 4) is 0 Å². The van der Waals surface area contributed by atoms with Crippen molar-refractivity contribution in [2.75, 3.05) is 13.1 Å². The van der Waals surface area contributed by atoms with Gasteiger partial charge >= 0.3 is 0 Å². The van der Waals surface area contributed by atoms with E-state index < -0.39 is 5.82 Å². The fourth-order valence-electron chi connectivity index (χ4n) is 3.40. The Labute approximate surface area is 150 Å². The number of fused-ring (bicyclic) bond motifs is 1. The molecule has 1 aromatic heterocycles. The third-order valence-corrected chi connectivity index (χ3v) is 4.79. The van der Waals surface area contributed by atoms with Crippen LogP contribution in [0.1, 0.15) is 28.0 Å². The zero-order chi connectivity index (χ0) is 18.1. The number of amides is 1. The fraction of sp³-hybridized carbons (Fsp3) is 0.250. The van der Waals surface area contributed by atoms with Gasteiger partial charge in [0.25, 0.3) is 5.91 Å². The van der Waals surface area contributed by atoms with Gasteiger partial charge in [-0.2, -0.15) is 10.2 Å². The van der Waals surface area contributed by atoms with Crippen LogP contribution in [-0.2, 0) is 6.42 Å². The van der Waals surface area contributed by atoms with Crippen molar-refractivity contribution in [1.29, 1.82) is 0 Å². The molecule has 2 N–H and O–H groups in total. The lowest BCUT2D eigenvalue weighted by atomic mass is 10.0. The van der Waals surface area contributed by atoms with Gasteiger partial charge in [-0.15, -0.1) is 0 Å². The molecule has 1 aliphatic rings. The lowest BCUT2D eigenvalue weighted by Crippen LogP contribution is -2.32. The first-order valence-corrected chi connectivity index (χ1v) is 8.64. The van der Waals surface area contributed by atoms with Gasteiger partial charge in [-0.3, -0.25) is 4.79 Å². The minimum Gasteiger partial charge on any atom is -0.337 e. The molecular weight excluding hydrogens is 331 g/mol.